The lowest BCUT2D eigenvalue weighted by atomic mass is 10.2. The Kier molecular flexibility index (Phi) is 2.55. The number of aromatic nitrogens is 6. The minimum absolute atomic E-state index is 0.386. The van der Waals surface area contributed by atoms with Crippen LogP contribution in [0.2, 0.25) is 0 Å². The van der Waals surface area contributed by atoms with Crippen LogP contribution in [0, 0.1) is 0 Å². The molecule has 2 unspecified atom stereocenters. The lowest BCUT2D eigenvalue weighted by Crippen LogP contribution is -2.35. The number of nitrogens with one attached hydrogen (secondary N) is 3. The molecule has 2 fully saturated rings. The van der Waals surface area contributed by atoms with Crippen LogP contribution in [0.25, 0.3) is 22.1 Å². The van der Waals surface area contributed by atoms with Gasteiger partial charge in [0.25, 0.3) is 0 Å². The molecule has 0 aliphatic heterocycles. The Bertz CT molecular complexity index is 1090. The summed E-state index contributed by atoms with van der Waals surface area (Å²) in [5.41, 5.74) is 3.17. The molecule has 124 valence electrons. The maximum absolute atomic E-state index is 4.69. The zero-order chi connectivity index (χ0) is 16.4. The summed E-state index contributed by atoms with van der Waals surface area (Å²) >= 11 is 0. The fraction of sp³-hybridized carbons (Fsp3) is 0.333. The van der Waals surface area contributed by atoms with E-state index in [9.17, 15) is 0 Å². The summed E-state index contributed by atoms with van der Waals surface area (Å²) in [6.07, 6.45) is 11.1. The van der Waals surface area contributed by atoms with Crippen LogP contribution in [0.5, 0.6) is 0 Å². The van der Waals surface area contributed by atoms with Gasteiger partial charge < -0.3 is 10.3 Å². The van der Waals surface area contributed by atoms with E-state index in [2.05, 4.69) is 42.0 Å². The zero-order valence-corrected chi connectivity index (χ0v) is 13.6. The van der Waals surface area contributed by atoms with Crippen molar-refractivity contribution in [3.63, 3.8) is 0 Å². The van der Waals surface area contributed by atoms with Crippen LogP contribution in [-0.4, -0.2) is 31.0 Å². The van der Waals surface area contributed by atoms with E-state index in [-0.39, 0.29) is 0 Å². The lowest BCUT2D eigenvalue weighted by molar-refractivity contribution is -0.680. The molecule has 2 aliphatic carbocycles. The molecule has 0 aromatic carbocycles. The number of fused-ring (bicyclic) bond motifs is 2. The van der Waals surface area contributed by atoms with Gasteiger partial charge in [0.15, 0.2) is 0 Å². The molecule has 0 amide bonds. The Balaban J connectivity index is 1.39. The summed E-state index contributed by atoms with van der Waals surface area (Å²) < 4.78 is 2.26. The summed E-state index contributed by atoms with van der Waals surface area (Å²) in [7, 11) is 0. The molecule has 0 spiro atoms. The van der Waals surface area contributed by atoms with E-state index in [1.165, 1.54) is 12.8 Å². The van der Waals surface area contributed by atoms with Gasteiger partial charge in [-0.3, -0.25) is 4.98 Å². The van der Waals surface area contributed by atoms with Crippen LogP contribution in [0.4, 0.5) is 5.82 Å². The summed E-state index contributed by atoms with van der Waals surface area (Å²) in [5.74, 6) is 1.39. The van der Waals surface area contributed by atoms with Gasteiger partial charge in [-0.25, -0.2) is 14.5 Å². The van der Waals surface area contributed by atoms with Crippen molar-refractivity contribution in [1.29, 1.82) is 0 Å². The van der Waals surface area contributed by atoms with Gasteiger partial charge in [0, 0.05) is 23.5 Å². The molecule has 7 nitrogen and oxygen atoms in total. The largest absolute Gasteiger partial charge is 0.353 e. The molecule has 7 heteroatoms. The maximum Gasteiger partial charge on any atom is 0.238 e. The minimum Gasteiger partial charge on any atom is -0.353 e. The third-order valence-corrected chi connectivity index (χ3v) is 5.32. The Labute approximate surface area is 143 Å². The normalized spacial score (nSPS) is 22.6. The Morgan fingerprint density at radius 2 is 1.92 bits per heavy atom. The molecule has 0 saturated heterocycles. The Morgan fingerprint density at radius 3 is 2.84 bits per heavy atom. The highest BCUT2D eigenvalue weighted by Gasteiger charge is 2.46. The third kappa shape index (κ3) is 2.05. The molecular weight excluding hydrogens is 314 g/mol. The number of aromatic amines is 2. The number of anilines is 1. The topological polar surface area (TPSA) is 86.2 Å². The summed E-state index contributed by atoms with van der Waals surface area (Å²) in [5, 5.41) is 5.81. The third-order valence-electron chi connectivity index (χ3n) is 5.32. The van der Waals surface area contributed by atoms with Crippen LogP contribution < -0.4 is 9.88 Å². The van der Waals surface area contributed by atoms with E-state index in [0.717, 1.165) is 40.0 Å². The molecule has 2 aliphatic rings. The highest BCUT2D eigenvalue weighted by Crippen LogP contribution is 2.49. The van der Waals surface area contributed by atoms with Crippen LogP contribution in [0.1, 0.15) is 36.9 Å². The average Bonchev–Trinajstić information content (AvgIpc) is 3.50. The molecule has 25 heavy (non-hydrogen) atoms. The van der Waals surface area contributed by atoms with E-state index in [4.69, 9.17) is 4.98 Å². The summed E-state index contributed by atoms with van der Waals surface area (Å²) in [6.45, 7) is 0. The van der Waals surface area contributed by atoms with Crippen LogP contribution >= 0.6 is 0 Å². The smallest absolute Gasteiger partial charge is 0.238 e. The minimum atomic E-state index is 0.386. The predicted octanol–water partition coefficient (Wildman–Crippen LogP) is 2.42. The molecule has 6 rings (SSSR count). The van der Waals surface area contributed by atoms with Gasteiger partial charge >= 0.3 is 0 Å². The van der Waals surface area contributed by atoms with Crippen LogP contribution in [0.3, 0.4) is 0 Å². The molecule has 4 aromatic heterocycles. The molecule has 0 bridgehead atoms. The van der Waals surface area contributed by atoms with E-state index in [1.54, 1.807) is 6.33 Å². The maximum atomic E-state index is 4.69. The van der Waals surface area contributed by atoms with Crippen LogP contribution in [0.15, 0.2) is 37.2 Å². The molecule has 2 atom stereocenters. The number of hydrogen-bond acceptors (Lipinski definition) is 4. The van der Waals surface area contributed by atoms with Crippen molar-refractivity contribution >= 4 is 27.9 Å². The van der Waals surface area contributed by atoms with Gasteiger partial charge in [-0.1, -0.05) is 4.98 Å². The van der Waals surface area contributed by atoms with Gasteiger partial charge in [-0.05, 0) is 31.4 Å². The van der Waals surface area contributed by atoms with Crippen molar-refractivity contribution in [3.8, 4) is 0 Å². The van der Waals surface area contributed by atoms with Gasteiger partial charge in [0.2, 0.25) is 17.8 Å². The van der Waals surface area contributed by atoms with Crippen molar-refractivity contribution in [2.45, 2.75) is 37.3 Å². The molecule has 0 radical (unpaired) electrons. The number of rotatable bonds is 4. The highest BCUT2D eigenvalue weighted by molar-refractivity contribution is 5.85. The van der Waals surface area contributed by atoms with E-state index >= 15 is 0 Å². The van der Waals surface area contributed by atoms with E-state index < -0.39 is 0 Å². The number of nitrogens with zero attached hydrogens (tertiary/aromatic N) is 4. The average molecular weight is 332 g/mol. The van der Waals surface area contributed by atoms with Crippen LogP contribution in [-0.2, 0) is 0 Å². The fourth-order valence-corrected chi connectivity index (χ4v) is 3.77. The molecule has 4 heterocycles. The molecule has 4 aromatic rings. The first-order valence-corrected chi connectivity index (χ1v) is 8.80. The first kappa shape index (κ1) is 13.3. The van der Waals surface area contributed by atoms with Gasteiger partial charge in [0.1, 0.15) is 17.4 Å². The molecule has 3 N–H and O–H groups in total. The van der Waals surface area contributed by atoms with Crippen molar-refractivity contribution in [2.75, 3.05) is 5.32 Å². The monoisotopic (exact) mass is 332 g/mol. The standard InChI is InChI=1S/C18H17N7/c1-2-10(1)24-17-12-4-6-20-18(12)25(9-23-17)14-7-13(14)15-11-3-5-19-16(11)22-8-21-15/h3-6,8-10,13-14H,1-2,7H2,(H2,19,20,21,22,24)/p+1. The Morgan fingerprint density at radius 1 is 1.04 bits per heavy atom. The number of hydrogen-bond donors (Lipinski definition) is 3. The lowest BCUT2D eigenvalue weighted by Gasteiger charge is -2.05. The quantitative estimate of drug-likeness (QED) is 0.501. The van der Waals surface area contributed by atoms with Crippen molar-refractivity contribution < 1.29 is 4.57 Å². The van der Waals surface area contributed by atoms with E-state index in [1.807, 2.05) is 18.7 Å². The first-order chi connectivity index (χ1) is 12.4. The summed E-state index contributed by atoms with van der Waals surface area (Å²) in [6, 6.07) is 5.15. The molecular formula is C18H18N7+. The van der Waals surface area contributed by atoms with Gasteiger partial charge in [0.05, 0.1) is 17.9 Å². The fourth-order valence-electron chi connectivity index (χ4n) is 3.77. The SMILES string of the molecule is c1nc(C2CC2[n+]2cnc(NC3CC3)c3cc[nH]c32)c2cc[nH]c2n1. The second kappa shape index (κ2) is 4.78. The van der Waals surface area contributed by atoms with Crippen molar-refractivity contribution in [3.05, 3.63) is 42.9 Å². The predicted molar refractivity (Wildman–Crippen MR) is 93.2 cm³/mol. The highest BCUT2D eigenvalue weighted by atomic mass is 15.2. The second-order valence-corrected chi connectivity index (χ2v) is 7.07. The summed E-state index contributed by atoms with van der Waals surface area (Å²) in [4.78, 5) is 20.1. The van der Waals surface area contributed by atoms with Gasteiger partial charge in [-0.2, -0.15) is 0 Å². The first-order valence-electron chi connectivity index (χ1n) is 8.80. The number of H-pyrrole nitrogens is 2. The zero-order valence-electron chi connectivity index (χ0n) is 13.6. The van der Waals surface area contributed by atoms with Crippen molar-refractivity contribution in [1.82, 2.24) is 24.9 Å². The van der Waals surface area contributed by atoms with Crippen molar-refractivity contribution in [2.24, 2.45) is 0 Å². The second-order valence-electron chi connectivity index (χ2n) is 7.07. The van der Waals surface area contributed by atoms with Gasteiger partial charge in [-0.15, -0.1) is 0 Å². The Hall–Kier alpha value is -2.96. The molecule has 2 saturated carbocycles. The van der Waals surface area contributed by atoms with E-state index in [0.29, 0.717) is 18.0 Å².